The molecule has 0 spiro atoms. The molecule has 0 heterocycles. The summed E-state index contributed by atoms with van der Waals surface area (Å²) in [5, 5.41) is 3.37. The maximum Gasteiger partial charge on any atom is 0.131 e. The molecule has 0 atom stereocenters. The van der Waals surface area contributed by atoms with Crippen molar-refractivity contribution in [3.05, 3.63) is 59.9 Å². The lowest BCUT2D eigenvalue weighted by molar-refractivity contribution is 0.585. The summed E-state index contributed by atoms with van der Waals surface area (Å²) in [5.74, 6) is -0.163. The molecule has 0 unspecified atom stereocenters. The van der Waals surface area contributed by atoms with E-state index < -0.39 is 0 Å². The molecule has 1 aliphatic carbocycles. The molecule has 0 amide bonds. The number of halogens is 2. The fourth-order valence-electron chi connectivity index (χ4n) is 2.49. The van der Waals surface area contributed by atoms with Crippen molar-refractivity contribution < 1.29 is 4.39 Å². The number of hydrogen-bond donors (Lipinski definition) is 1. The predicted octanol–water partition coefficient (Wildman–Crippen LogP) is 4.12. The van der Waals surface area contributed by atoms with E-state index in [9.17, 15) is 4.39 Å². The van der Waals surface area contributed by atoms with Gasteiger partial charge in [0.1, 0.15) is 5.82 Å². The van der Waals surface area contributed by atoms with Crippen LogP contribution in [0.1, 0.15) is 18.4 Å². The molecule has 0 radical (unpaired) electrons. The topological polar surface area (TPSA) is 12.0 Å². The number of benzene rings is 2. The van der Waals surface area contributed by atoms with E-state index in [4.69, 9.17) is 0 Å². The van der Waals surface area contributed by atoms with Gasteiger partial charge in [-0.3, -0.25) is 0 Å². The highest BCUT2D eigenvalue weighted by atomic mass is 35.5. The molecule has 19 heavy (non-hydrogen) atoms. The van der Waals surface area contributed by atoms with Crippen molar-refractivity contribution >= 4 is 12.4 Å². The maximum atomic E-state index is 13.8. The molecule has 1 nitrogen and oxygen atoms in total. The first kappa shape index (κ1) is 14.0. The summed E-state index contributed by atoms with van der Waals surface area (Å²) in [6.07, 6.45) is 2.31. The third kappa shape index (κ3) is 2.51. The first-order valence-electron chi connectivity index (χ1n) is 6.29. The summed E-state index contributed by atoms with van der Waals surface area (Å²) in [5.41, 5.74) is 3.01. The first-order valence-corrected chi connectivity index (χ1v) is 6.29. The minimum atomic E-state index is -0.163. The Morgan fingerprint density at radius 1 is 1.05 bits per heavy atom. The zero-order valence-corrected chi connectivity index (χ0v) is 11.6. The summed E-state index contributed by atoms with van der Waals surface area (Å²) in [6, 6.07) is 15.1. The van der Waals surface area contributed by atoms with Crippen molar-refractivity contribution in [3.8, 4) is 11.1 Å². The van der Waals surface area contributed by atoms with Crippen LogP contribution in [0.4, 0.5) is 4.39 Å². The van der Waals surface area contributed by atoms with E-state index in [0.717, 1.165) is 18.4 Å². The summed E-state index contributed by atoms with van der Waals surface area (Å²) in [6.45, 7) is 0. The lowest BCUT2D eigenvalue weighted by Crippen LogP contribution is -2.24. The monoisotopic (exact) mass is 277 g/mol. The van der Waals surface area contributed by atoms with E-state index in [1.165, 1.54) is 11.6 Å². The van der Waals surface area contributed by atoms with Crippen LogP contribution in [0.5, 0.6) is 0 Å². The Hall–Kier alpha value is -1.38. The Kier molecular flexibility index (Phi) is 3.93. The van der Waals surface area contributed by atoms with Crippen LogP contribution < -0.4 is 5.32 Å². The fourth-order valence-corrected chi connectivity index (χ4v) is 2.49. The van der Waals surface area contributed by atoms with Gasteiger partial charge in [0, 0.05) is 11.1 Å². The second-order valence-electron chi connectivity index (χ2n) is 4.89. The fraction of sp³-hybridized carbons (Fsp3) is 0.250. The zero-order valence-electron chi connectivity index (χ0n) is 10.8. The maximum absolute atomic E-state index is 13.8. The largest absolute Gasteiger partial charge is 0.310 e. The highest BCUT2D eigenvalue weighted by Gasteiger charge is 2.42. The third-order valence-electron chi connectivity index (χ3n) is 3.83. The van der Waals surface area contributed by atoms with Gasteiger partial charge < -0.3 is 5.32 Å². The Bertz CT molecular complexity index is 578. The Morgan fingerprint density at radius 2 is 1.79 bits per heavy atom. The van der Waals surface area contributed by atoms with Gasteiger partial charge in [-0.05, 0) is 43.1 Å². The van der Waals surface area contributed by atoms with E-state index in [2.05, 4.69) is 17.4 Å². The molecule has 0 aliphatic heterocycles. The van der Waals surface area contributed by atoms with Crippen molar-refractivity contribution in [1.29, 1.82) is 0 Å². The molecule has 0 aromatic heterocycles. The Balaban J connectivity index is 0.00000133. The molecule has 1 N–H and O–H groups in total. The number of nitrogens with one attached hydrogen (secondary N) is 1. The lowest BCUT2D eigenvalue weighted by atomic mass is 9.98. The van der Waals surface area contributed by atoms with Crippen molar-refractivity contribution in [2.45, 2.75) is 18.4 Å². The van der Waals surface area contributed by atoms with Crippen molar-refractivity contribution in [1.82, 2.24) is 5.32 Å². The Morgan fingerprint density at radius 3 is 2.42 bits per heavy atom. The first-order chi connectivity index (χ1) is 8.75. The average molecular weight is 278 g/mol. The second kappa shape index (κ2) is 5.32. The van der Waals surface area contributed by atoms with E-state index in [1.54, 1.807) is 6.07 Å². The van der Waals surface area contributed by atoms with Crippen molar-refractivity contribution in [2.24, 2.45) is 0 Å². The number of hydrogen-bond acceptors (Lipinski definition) is 1. The van der Waals surface area contributed by atoms with Gasteiger partial charge in [-0.1, -0.05) is 36.4 Å². The van der Waals surface area contributed by atoms with Crippen LogP contribution in [0.3, 0.4) is 0 Å². The SMILES string of the molecule is CNC1(c2cccc(-c3ccccc3F)c2)CC1.Cl. The number of rotatable bonds is 3. The van der Waals surface area contributed by atoms with Gasteiger partial charge in [-0.2, -0.15) is 0 Å². The summed E-state index contributed by atoms with van der Waals surface area (Å²) < 4.78 is 13.8. The van der Waals surface area contributed by atoms with Gasteiger partial charge in [0.2, 0.25) is 0 Å². The summed E-state index contributed by atoms with van der Waals surface area (Å²) in [4.78, 5) is 0. The standard InChI is InChI=1S/C16H16FN.ClH/c1-18-16(9-10-16)13-6-4-5-12(11-13)14-7-2-3-8-15(14)17;/h2-8,11,18H,9-10H2,1H3;1H. The summed E-state index contributed by atoms with van der Waals surface area (Å²) >= 11 is 0. The quantitative estimate of drug-likeness (QED) is 0.890. The molecule has 0 bridgehead atoms. The van der Waals surface area contributed by atoms with Crippen LogP contribution in [-0.2, 0) is 5.54 Å². The molecule has 2 aromatic rings. The zero-order chi connectivity index (χ0) is 12.6. The van der Waals surface area contributed by atoms with Gasteiger partial charge in [-0.25, -0.2) is 4.39 Å². The third-order valence-corrected chi connectivity index (χ3v) is 3.83. The minimum absolute atomic E-state index is 0. The van der Waals surface area contributed by atoms with Crippen LogP contribution in [0.15, 0.2) is 48.5 Å². The molecule has 0 saturated heterocycles. The highest BCUT2D eigenvalue weighted by molar-refractivity contribution is 5.85. The summed E-state index contributed by atoms with van der Waals surface area (Å²) in [7, 11) is 1.99. The van der Waals surface area contributed by atoms with Gasteiger partial charge in [-0.15, -0.1) is 12.4 Å². The van der Waals surface area contributed by atoms with Crippen LogP contribution in [0.25, 0.3) is 11.1 Å². The molecule has 2 aromatic carbocycles. The second-order valence-corrected chi connectivity index (χ2v) is 4.89. The normalized spacial score (nSPS) is 15.7. The molecule has 100 valence electrons. The molecule has 1 aliphatic rings. The van der Waals surface area contributed by atoms with Crippen LogP contribution in [0.2, 0.25) is 0 Å². The van der Waals surface area contributed by atoms with Crippen LogP contribution in [-0.4, -0.2) is 7.05 Å². The molecule has 3 heteroatoms. The van der Waals surface area contributed by atoms with Crippen molar-refractivity contribution in [2.75, 3.05) is 7.05 Å². The van der Waals surface area contributed by atoms with Crippen LogP contribution >= 0.6 is 12.4 Å². The smallest absolute Gasteiger partial charge is 0.131 e. The van der Waals surface area contributed by atoms with E-state index in [0.29, 0.717) is 5.56 Å². The minimum Gasteiger partial charge on any atom is -0.310 e. The van der Waals surface area contributed by atoms with E-state index in [-0.39, 0.29) is 23.8 Å². The average Bonchev–Trinajstić information content (AvgIpc) is 3.20. The van der Waals surface area contributed by atoms with Gasteiger partial charge in [0.05, 0.1) is 0 Å². The van der Waals surface area contributed by atoms with E-state index >= 15 is 0 Å². The predicted molar refractivity (Wildman–Crippen MR) is 79.1 cm³/mol. The molecule has 1 fully saturated rings. The Labute approximate surface area is 119 Å². The molecular weight excluding hydrogens is 261 g/mol. The van der Waals surface area contributed by atoms with Gasteiger partial charge in [0.25, 0.3) is 0 Å². The highest BCUT2D eigenvalue weighted by Crippen LogP contribution is 2.45. The van der Waals surface area contributed by atoms with Gasteiger partial charge in [0.15, 0.2) is 0 Å². The van der Waals surface area contributed by atoms with Gasteiger partial charge >= 0.3 is 0 Å². The lowest BCUT2D eigenvalue weighted by Gasteiger charge is -2.16. The van der Waals surface area contributed by atoms with Crippen LogP contribution in [0, 0.1) is 5.82 Å². The van der Waals surface area contributed by atoms with Crippen molar-refractivity contribution in [3.63, 3.8) is 0 Å². The van der Waals surface area contributed by atoms with E-state index in [1.807, 2.05) is 31.3 Å². The molecule has 1 saturated carbocycles. The molecular formula is C16H17ClFN. The molecule has 3 rings (SSSR count).